The number of unbranched alkanes of at least 4 members (excludes halogenated alkanes) is 1. The molecule has 0 aromatic rings. The highest BCUT2D eigenvalue weighted by Crippen LogP contribution is 2.10. The van der Waals surface area contributed by atoms with E-state index in [0.717, 1.165) is 90.6 Å². The fraction of sp³-hybridized carbons (Fsp3) is 0.621. The number of nitrogens with two attached hydrogens (primary N) is 1. The van der Waals surface area contributed by atoms with E-state index in [1.54, 1.807) is 0 Å². The van der Waals surface area contributed by atoms with Crippen LogP contribution in [0.5, 0.6) is 0 Å². The Hall–Kier alpha value is -1.95. The molecule has 0 spiro atoms. The van der Waals surface area contributed by atoms with Crippen LogP contribution in [0.3, 0.4) is 0 Å². The van der Waals surface area contributed by atoms with E-state index in [0.29, 0.717) is 19.0 Å². The Morgan fingerprint density at radius 1 is 0.882 bits per heavy atom. The number of morpholine rings is 1. The van der Waals surface area contributed by atoms with Crippen molar-refractivity contribution in [3.63, 3.8) is 0 Å². The zero-order valence-corrected chi connectivity index (χ0v) is 21.5. The van der Waals surface area contributed by atoms with E-state index in [4.69, 9.17) is 10.5 Å². The second-order valence-electron chi connectivity index (χ2n) is 8.62. The Morgan fingerprint density at radius 3 is 2.00 bits per heavy atom. The summed E-state index contributed by atoms with van der Waals surface area (Å²) in [6.07, 6.45) is 31.5. The first-order valence-electron chi connectivity index (χ1n) is 13.3. The lowest BCUT2D eigenvalue weighted by molar-refractivity contribution is -0.121. The highest BCUT2D eigenvalue weighted by atomic mass is 16.5. The topological polar surface area (TPSA) is 67.6 Å². The van der Waals surface area contributed by atoms with Gasteiger partial charge in [-0.05, 0) is 64.3 Å². The van der Waals surface area contributed by atoms with Gasteiger partial charge in [-0.15, -0.1) is 0 Å². The molecule has 1 fully saturated rings. The van der Waals surface area contributed by atoms with Gasteiger partial charge in [0.2, 0.25) is 5.91 Å². The summed E-state index contributed by atoms with van der Waals surface area (Å²) in [5.74, 6) is 0.154. The minimum atomic E-state index is 0.154. The van der Waals surface area contributed by atoms with Gasteiger partial charge in [-0.25, -0.2) is 0 Å². The molecule has 1 aliphatic heterocycles. The summed E-state index contributed by atoms with van der Waals surface area (Å²) in [5.41, 5.74) is 5.78. The summed E-state index contributed by atoms with van der Waals surface area (Å²) in [6, 6.07) is 0.440. The van der Waals surface area contributed by atoms with E-state index in [9.17, 15) is 4.79 Å². The van der Waals surface area contributed by atoms with Crippen molar-refractivity contribution in [1.29, 1.82) is 0 Å². The predicted molar refractivity (Wildman–Crippen MR) is 146 cm³/mol. The van der Waals surface area contributed by atoms with Crippen molar-refractivity contribution < 1.29 is 9.53 Å². The highest BCUT2D eigenvalue weighted by Gasteiger charge is 2.20. The Labute approximate surface area is 208 Å². The van der Waals surface area contributed by atoms with Gasteiger partial charge < -0.3 is 15.8 Å². The number of carbonyl (C=O) groups is 1. The molecule has 34 heavy (non-hydrogen) atoms. The summed E-state index contributed by atoms with van der Waals surface area (Å²) >= 11 is 0. The molecule has 1 unspecified atom stereocenters. The van der Waals surface area contributed by atoms with E-state index in [1.165, 1.54) is 0 Å². The van der Waals surface area contributed by atoms with Gasteiger partial charge in [0.25, 0.3) is 0 Å². The lowest BCUT2D eigenvalue weighted by Gasteiger charge is -2.34. The van der Waals surface area contributed by atoms with Gasteiger partial charge >= 0.3 is 0 Å². The summed E-state index contributed by atoms with van der Waals surface area (Å²) in [4.78, 5) is 14.5. The predicted octanol–water partition coefficient (Wildman–Crippen LogP) is 5.46. The highest BCUT2D eigenvalue weighted by molar-refractivity contribution is 5.75. The third-order valence-corrected chi connectivity index (χ3v) is 5.79. The number of hydrogen-bond donors (Lipinski definition) is 2. The van der Waals surface area contributed by atoms with Crippen LogP contribution in [-0.2, 0) is 9.53 Å². The SMILES string of the molecule is CCC=CCC=CCC=CCC=CCC=CCCCC(=O)NCCC(CCN)N1CCOCC1. The van der Waals surface area contributed by atoms with Gasteiger partial charge in [-0.1, -0.05) is 67.7 Å². The number of allylic oxidation sites excluding steroid dienone is 10. The molecule has 1 heterocycles. The van der Waals surface area contributed by atoms with Crippen LogP contribution in [0.15, 0.2) is 60.8 Å². The van der Waals surface area contributed by atoms with Crippen LogP contribution in [0.4, 0.5) is 0 Å². The molecule has 0 saturated carbocycles. The third kappa shape index (κ3) is 17.5. The van der Waals surface area contributed by atoms with Crippen LogP contribution >= 0.6 is 0 Å². The number of ether oxygens (including phenoxy) is 1. The Kier molecular flexibility index (Phi) is 20.2. The number of nitrogens with zero attached hydrogens (tertiary/aromatic N) is 1. The van der Waals surface area contributed by atoms with Crippen molar-refractivity contribution in [3.05, 3.63) is 60.8 Å². The lowest BCUT2D eigenvalue weighted by Crippen LogP contribution is -2.45. The molecule has 0 aromatic carbocycles. The monoisotopic (exact) mass is 471 g/mol. The van der Waals surface area contributed by atoms with Gasteiger partial charge in [-0.2, -0.15) is 0 Å². The van der Waals surface area contributed by atoms with Gasteiger partial charge in [0.05, 0.1) is 13.2 Å². The first-order chi connectivity index (χ1) is 16.8. The molecular weight excluding hydrogens is 422 g/mol. The van der Waals surface area contributed by atoms with E-state index in [-0.39, 0.29) is 5.91 Å². The number of hydrogen-bond acceptors (Lipinski definition) is 4. The van der Waals surface area contributed by atoms with Crippen LogP contribution in [0, 0.1) is 0 Å². The molecular formula is C29H49N3O2. The molecule has 1 rings (SSSR count). The molecule has 1 atom stereocenters. The van der Waals surface area contributed by atoms with Crippen molar-refractivity contribution in [3.8, 4) is 0 Å². The van der Waals surface area contributed by atoms with Crippen LogP contribution in [0.2, 0.25) is 0 Å². The average Bonchev–Trinajstić information content (AvgIpc) is 2.86. The van der Waals surface area contributed by atoms with Crippen LogP contribution in [0.1, 0.15) is 71.1 Å². The number of nitrogens with one attached hydrogen (secondary N) is 1. The molecule has 1 amide bonds. The number of amides is 1. The van der Waals surface area contributed by atoms with Crippen LogP contribution in [-0.4, -0.2) is 56.2 Å². The molecule has 1 aliphatic rings. The number of carbonyl (C=O) groups excluding carboxylic acids is 1. The van der Waals surface area contributed by atoms with Crippen molar-refractivity contribution in [2.75, 3.05) is 39.4 Å². The van der Waals surface area contributed by atoms with Crippen LogP contribution < -0.4 is 11.1 Å². The lowest BCUT2D eigenvalue weighted by atomic mass is 10.1. The molecule has 1 saturated heterocycles. The maximum Gasteiger partial charge on any atom is 0.220 e. The van der Waals surface area contributed by atoms with Crippen molar-refractivity contribution in [1.82, 2.24) is 10.2 Å². The first-order valence-corrected chi connectivity index (χ1v) is 13.3. The van der Waals surface area contributed by atoms with Gasteiger partial charge in [0.1, 0.15) is 0 Å². The van der Waals surface area contributed by atoms with Gasteiger partial charge in [-0.3, -0.25) is 9.69 Å². The Balaban J connectivity index is 2.00. The molecule has 5 heteroatoms. The summed E-state index contributed by atoms with van der Waals surface area (Å²) in [7, 11) is 0. The van der Waals surface area contributed by atoms with Crippen molar-refractivity contribution in [2.24, 2.45) is 5.73 Å². The molecule has 0 aromatic heterocycles. The second kappa shape index (κ2) is 22.8. The number of rotatable bonds is 19. The summed E-state index contributed by atoms with van der Waals surface area (Å²) < 4.78 is 5.44. The molecule has 0 radical (unpaired) electrons. The Morgan fingerprint density at radius 2 is 1.44 bits per heavy atom. The van der Waals surface area contributed by atoms with E-state index < -0.39 is 0 Å². The normalized spacial score (nSPS) is 16.6. The first kappa shape index (κ1) is 30.1. The minimum absolute atomic E-state index is 0.154. The van der Waals surface area contributed by atoms with Gasteiger partial charge in [0, 0.05) is 32.1 Å². The third-order valence-electron chi connectivity index (χ3n) is 5.79. The minimum Gasteiger partial charge on any atom is -0.379 e. The standard InChI is InChI=1S/C29H49N3O2/c1-2-3-4-5-6-7-8-9-10-11-12-13-14-15-16-17-18-19-29(33)31-23-21-28(20-22-30)32-24-26-34-27-25-32/h3-4,6-7,9-10,12-13,15-16,28H,2,5,8,11,14,17-27,30H2,1H3,(H,31,33). The molecule has 0 bridgehead atoms. The quantitative estimate of drug-likeness (QED) is 0.194. The largest absolute Gasteiger partial charge is 0.379 e. The van der Waals surface area contributed by atoms with Crippen molar-refractivity contribution >= 4 is 5.91 Å². The van der Waals surface area contributed by atoms with E-state index >= 15 is 0 Å². The molecule has 192 valence electrons. The second-order valence-corrected chi connectivity index (χ2v) is 8.62. The summed E-state index contributed by atoms with van der Waals surface area (Å²) in [5, 5.41) is 3.08. The van der Waals surface area contributed by atoms with E-state index in [2.05, 4.69) is 77.9 Å². The fourth-order valence-electron chi connectivity index (χ4n) is 3.86. The maximum atomic E-state index is 12.1. The summed E-state index contributed by atoms with van der Waals surface area (Å²) in [6.45, 7) is 7.08. The fourth-order valence-corrected chi connectivity index (χ4v) is 3.86. The van der Waals surface area contributed by atoms with Crippen molar-refractivity contribution in [2.45, 2.75) is 77.2 Å². The molecule has 0 aliphatic carbocycles. The average molecular weight is 472 g/mol. The Bertz CT molecular complexity index is 631. The van der Waals surface area contributed by atoms with Gasteiger partial charge in [0.15, 0.2) is 0 Å². The molecule has 3 N–H and O–H groups in total. The zero-order chi connectivity index (χ0) is 24.5. The molecule has 5 nitrogen and oxygen atoms in total. The van der Waals surface area contributed by atoms with E-state index in [1.807, 2.05) is 0 Å². The smallest absolute Gasteiger partial charge is 0.220 e. The zero-order valence-electron chi connectivity index (χ0n) is 21.5. The van der Waals surface area contributed by atoms with Crippen LogP contribution in [0.25, 0.3) is 0 Å². The maximum absolute atomic E-state index is 12.1.